The fraction of sp³-hybridized carbons (Fsp3) is 0.300. The van der Waals surface area contributed by atoms with E-state index in [0.29, 0.717) is 5.56 Å². The number of nitrogens with two attached hydrogens (primary N) is 1. The lowest BCUT2D eigenvalue weighted by atomic mass is 10.1. The lowest BCUT2D eigenvalue weighted by Crippen LogP contribution is -2.22. The van der Waals surface area contributed by atoms with Crippen LogP contribution in [0.2, 0.25) is 0 Å². The van der Waals surface area contributed by atoms with Crippen molar-refractivity contribution in [1.82, 2.24) is 0 Å². The van der Waals surface area contributed by atoms with Gasteiger partial charge in [-0.05, 0) is 17.7 Å². The topological polar surface area (TPSA) is 61.5 Å². The summed E-state index contributed by atoms with van der Waals surface area (Å²) >= 11 is 0. The van der Waals surface area contributed by atoms with Gasteiger partial charge in [-0.15, -0.1) is 0 Å². The fourth-order valence-electron chi connectivity index (χ4n) is 1.12. The van der Waals surface area contributed by atoms with Gasteiger partial charge < -0.3 is 15.2 Å². The minimum absolute atomic E-state index is 0.0100. The zero-order valence-corrected chi connectivity index (χ0v) is 8.52. The molecule has 0 aliphatic carbocycles. The molecule has 0 heterocycles. The van der Waals surface area contributed by atoms with E-state index in [2.05, 4.69) is 9.47 Å². The molecule has 0 radical (unpaired) electrons. The number of carbonyl (C=O) groups is 1. The van der Waals surface area contributed by atoms with Crippen molar-refractivity contribution in [2.75, 3.05) is 7.11 Å². The second-order valence-corrected chi connectivity index (χ2v) is 2.95. The molecule has 1 unspecified atom stereocenters. The van der Waals surface area contributed by atoms with E-state index in [1.165, 1.54) is 31.4 Å². The summed E-state index contributed by atoms with van der Waals surface area (Å²) in [5, 5.41) is 0. The molecule has 6 heteroatoms. The maximum absolute atomic E-state index is 11.8. The Labute approximate surface area is 91.0 Å². The molecule has 0 saturated carbocycles. The summed E-state index contributed by atoms with van der Waals surface area (Å²) in [4.78, 5) is 11.1. The lowest BCUT2D eigenvalue weighted by molar-refractivity contribution is -0.142. The van der Waals surface area contributed by atoms with Crippen LogP contribution in [0, 0.1) is 0 Å². The van der Waals surface area contributed by atoms with Crippen LogP contribution < -0.4 is 10.5 Å². The van der Waals surface area contributed by atoms with Crippen molar-refractivity contribution >= 4 is 5.97 Å². The van der Waals surface area contributed by atoms with Gasteiger partial charge in [-0.2, -0.15) is 8.78 Å². The summed E-state index contributed by atoms with van der Waals surface area (Å²) in [5.74, 6) is -0.585. The van der Waals surface area contributed by atoms with Crippen LogP contribution in [0.15, 0.2) is 24.3 Å². The minimum Gasteiger partial charge on any atom is -0.468 e. The van der Waals surface area contributed by atoms with E-state index < -0.39 is 18.6 Å². The van der Waals surface area contributed by atoms with Gasteiger partial charge in [0.15, 0.2) is 0 Å². The predicted molar refractivity (Wildman–Crippen MR) is 52.0 cm³/mol. The standard InChI is InChI=1S/C10H11F2NO3/c1-15-9(14)8(13)6-2-4-7(5-3-6)16-10(11)12/h2-5,8,10H,13H2,1H3. The van der Waals surface area contributed by atoms with Crippen LogP contribution in [-0.4, -0.2) is 19.7 Å². The molecule has 0 spiro atoms. The van der Waals surface area contributed by atoms with Crippen molar-refractivity contribution < 1.29 is 23.0 Å². The van der Waals surface area contributed by atoms with Crippen molar-refractivity contribution in [1.29, 1.82) is 0 Å². The molecule has 1 aromatic rings. The molecule has 0 aromatic heterocycles. The molecule has 0 amide bonds. The highest BCUT2D eigenvalue weighted by molar-refractivity contribution is 5.77. The van der Waals surface area contributed by atoms with Crippen LogP contribution in [0.3, 0.4) is 0 Å². The van der Waals surface area contributed by atoms with Crippen molar-refractivity contribution in [2.24, 2.45) is 5.73 Å². The molecule has 0 bridgehead atoms. The number of halogens is 2. The van der Waals surface area contributed by atoms with E-state index in [1.807, 2.05) is 0 Å². The summed E-state index contributed by atoms with van der Waals surface area (Å²) in [7, 11) is 1.22. The molecule has 0 fully saturated rings. The number of carbonyl (C=O) groups excluding carboxylic acids is 1. The van der Waals surface area contributed by atoms with Crippen molar-refractivity contribution in [3.63, 3.8) is 0 Å². The Morgan fingerprint density at radius 1 is 1.31 bits per heavy atom. The van der Waals surface area contributed by atoms with E-state index in [9.17, 15) is 13.6 Å². The highest BCUT2D eigenvalue weighted by Gasteiger charge is 2.16. The first kappa shape index (κ1) is 12.4. The number of rotatable bonds is 4. The van der Waals surface area contributed by atoms with Crippen LogP contribution in [-0.2, 0) is 9.53 Å². The Morgan fingerprint density at radius 2 is 1.88 bits per heavy atom. The highest BCUT2D eigenvalue weighted by atomic mass is 19.3. The van der Waals surface area contributed by atoms with Gasteiger partial charge in [0.2, 0.25) is 0 Å². The molecule has 4 nitrogen and oxygen atoms in total. The van der Waals surface area contributed by atoms with E-state index >= 15 is 0 Å². The van der Waals surface area contributed by atoms with E-state index in [4.69, 9.17) is 5.73 Å². The van der Waals surface area contributed by atoms with Gasteiger partial charge in [-0.3, -0.25) is 4.79 Å². The van der Waals surface area contributed by atoms with E-state index in [-0.39, 0.29) is 5.75 Å². The number of methoxy groups -OCH3 is 1. The minimum atomic E-state index is -2.87. The zero-order valence-electron chi connectivity index (χ0n) is 8.52. The van der Waals surface area contributed by atoms with Crippen LogP contribution in [0.25, 0.3) is 0 Å². The van der Waals surface area contributed by atoms with Gasteiger partial charge >= 0.3 is 12.6 Å². The van der Waals surface area contributed by atoms with Crippen LogP contribution in [0.5, 0.6) is 5.75 Å². The first-order chi connectivity index (χ1) is 7.54. The number of esters is 1. The number of alkyl halides is 2. The van der Waals surface area contributed by atoms with Gasteiger partial charge in [0, 0.05) is 0 Å². The molecule has 0 aliphatic rings. The zero-order chi connectivity index (χ0) is 12.1. The quantitative estimate of drug-likeness (QED) is 0.797. The Hall–Kier alpha value is -1.69. The summed E-state index contributed by atoms with van der Waals surface area (Å²) in [6, 6.07) is 4.55. The summed E-state index contributed by atoms with van der Waals surface area (Å²) < 4.78 is 32.3. The average molecular weight is 231 g/mol. The van der Waals surface area contributed by atoms with E-state index in [0.717, 1.165) is 0 Å². The normalized spacial score (nSPS) is 12.3. The van der Waals surface area contributed by atoms with Crippen LogP contribution >= 0.6 is 0 Å². The molecule has 1 aromatic carbocycles. The Kier molecular flexibility index (Phi) is 4.19. The third-order valence-electron chi connectivity index (χ3n) is 1.92. The first-order valence-electron chi connectivity index (χ1n) is 4.42. The van der Waals surface area contributed by atoms with E-state index in [1.54, 1.807) is 0 Å². The maximum atomic E-state index is 11.8. The molecule has 0 saturated heterocycles. The summed E-state index contributed by atoms with van der Waals surface area (Å²) in [6.07, 6.45) is 0. The largest absolute Gasteiger partial charge is 0.468 e. The average Bonchev–Trinajstić information content (AvgIpc) is 2.27. The van der Waals surface area contributed by atoms with Gasteiger partial charge in [0.25, 0.3) is 0 Å². The van der Waals surface area contributed by atoms with Gasteiger partial charge in [0.05, 0.1) is 7.11 Å². The highest BCUT2D eigenvalue weighted by Crippen LogP contribution is 2.18. The van der Waals surface area contributed by atoms with Gasteiger partial charge in [-0.1, -0.05) is 12.1 Å². The molecule has 1 rings (SSSR count). The van der Waals surface area contributed by atoms with Crippen LogP contribution in [0.1, 0.15) is 11.6 Å². The molecule has 88 valence electrons. The number of hydrogen-bond acceptors (Lipinski definition) is 4. The molecule has 1 atom stereocenters. The van der Waals surface area contributed by atoms with Crippen molar-refractivity contribution in [3.8, 4) is 5.75 Å². The molecular formula is C10H11F2NO3. The number of hydrogen-bond donors (Lipinski definition) is 1. The van der Waals surface area contributed by atoms with Gasteiger partial charge in [-0.25, -0.2) is 0 Å². The monoisotopic (exact) mass is 231 g/mol. The number of benzene rings is 1. The molecule has 2 N–H and O–H groups in total. The summed E-state index contributed by atoms with van der Waals surface area (Å²) in [6.45, 7) is -2.87. The third kappa shape index (κ3) is 3.16. The van der Waals surface area contributed by atoms with Crippen LogP contribution in [0.4, 0.5) is 8.78 Å². The Bertz CT molecular complexity index is 354. The van der Waals surface area contributed by atoms with Crippen molar-refractivity contribution in [3.05, 3.63) is 29.8 Å². The molecular weight excluding hydrogens is 220 g/mol. The summed E-state index contributed by atoms with van der Waals surface area (Å²) in [5.41, 5.74) is 6.00. The maximum Gasteiger partial charge on any atom is 0.387 e. The molecule has 16 heavy (non-hydrogen) atoms. The fourth-order valence-corrected chi connectivity index (χ4v) is 1.12. The van der Waals surface area contributed by atoms with Gasteiger partial charge in [0.1, 0.15) is 11.8 Å². The number of ether oxygens (including phenoxy) is 2. The SMILES string of the molecule is COC(=O)C(N)c1ccc(OC(F)F)cc1. The Morgan fingerprint density at radius 3 is 2.31 bits per heavy atom. The van der Waals surface area contributed by atoms with Crippen molar-refractivity contribution in [2.45, 2.75) is 12.7 Å². The first-order valence-corrected chi connectivity index (χ1v) is 4.42. The second kappa shape index (κ2) is 5.41. The Balaban J connectivity index is 2.74. The third-order valence-corrected chi connectivity index (χ3v) is 1.92. The second-order valence-electron chi connectivity index (χ2n) is 2.95. The lowest BCUT2D eigenvalue weighted by Gasteiger charge is -2.10. The smallest absolute Gasteiger partial charge is 0.387 e. The predicted octanol–water partition coefficient (Wildman–Crippen LogP) is 1.46. The molecule has 0 aliphatic heterocycles.